The molecule has 308 valence electrons. The summed E-state index contributed by atoms with van der Waals surface area (Å²) in [6, 6.07) is 25.1. The molecule has 2 aliphatic carbocycles. The molecule has 59 heavy (non-hydrogen) atoms. The molecule has 2 aliphatic rings. The number of hydrogen-bond acceptors (Lipinski definition) is 9. The number of hydrogen-bond donors (Lipinski definition) is 2. The minimum absolute atomic E-state index is 0.162. The first kappa shape index (κ1) is 42.7. The maximum absolute atomic E-state index is 12.8. The average molecular weight is 839 g/mol. The van der Waals surface area contributed by atoms with E-state index < -0.39 is 34.6 Å². The van der Waals surface area contributed by atoms with Crippen LogP contribution in [0.25, 0.3) is 22.9 Å². The Bertz CT molecular complexity index is 2400. The predicted octanol–water partition coefficient (Wildman–Crippen LogP) is 9.54. The fraction of sp³-hybridized carbons (Fsp3) is 0.286. The Kier molecular flexibility index (Phi) is 12.4. The first-order valence-electron chi connectivity index (χ1n) is 18.3. The first-order valence-corrected chi connectivity index (χ1v) is 18.6. The number of carbonyl (C=O) groups excluding carboxylic acids is 2. The summed E-state index contributed by atoms with van der Waals surface area (Å²) in [5.74, 6) is 1.33. The fourth-order valence-corrected chi connectivity index (χ4v) is 6.09. The molecule has 17 heteroatoms. The number of benzene rings is 4. The lowest BCUT2D eigenvalue weighted by atomic mass is 9.99. The molecular formula is C42H37ClF6N6O4. The van der Waals surface area contributed by atoms with Crippen LogP contribution in [0.15, 0.2) is 106 Å². The lowest BCUT2D eigenvalue weighted by Gasteiger charge is -2.11. The number of rotatable bonds is 9. The maximum atomic E-state index is 12.8. The number of aromatic nitrogens is 4. The molecule has 2 saturated carbocycles. The van der Waals surface area contributed by atoms with Crippen LogP contribution in [0.2, 0.25) is 0 Å². The molecule has 0 atom stereocenters. The van der Waals surface area contributed by atoms with Crippen molar-refractivity contribution < 1.29 is 44.8 Å². The van der Waals surface area contributed by atoms with Gasteiger partial charge in [-0.05, 0) is 109 Å². The first-order chi connectivity index (χ1) is 27.8. The number of alkyl halides is 6. The lowest BCUT2D eigenvalue weighted by molar-refractivity contribution is -0.138. The van der Waals surface area contributed by atoms with E-state index in [1.54, 1.807) is 0 Å². The molecule has 4 aromatic carbocycles. The van der Waals surface area contributed by atoms with Gasteiger partial charge in [0.2, 0.25) is 34.7 Å². The van der Waals surface area contributed by atoms with Crippen LogP contribution in [0.3, 0.4) is 0 Å². The minimum Gasteiger partial charge on any atom is -0.419 e. The highest BCUT2D eigenvalue weighted by atomic mass is 35.5. The van der Waals surface area contributed by atoms with Gasteiger partial charge >= 0.3 is 12.4 Å². The third-order valence-corrected chi connectivity index (χ3v) is 9.49. The number of halogens is 7. The van der Waals surface area contributed by atoms with Gasteiger partial charge in [0.1, 0.15) is 5.54 Å². The zero-order valence-corrected chi connectivity index (χ0v) is 32.4. The quantitative estimate of drug-likeness (QED) is 0.107. The van der Waals surface area contributed by atoms with Crippen LogP contribution in [0.4, 0.5) is 26.3 Å². The number of carbonyl (C=O) groups is 2. The van der Waals surface area contributed by atoms with Crippen LogP contribution in [0, 0.1) is 0 Å². The van der Waals surface area contributed by atoms with Crippen molar-refractivity contribution in [2.45, 2.75) is 75.8 Å². The average Bonchev–Trinajstić information content (AvgIpc) is 3.97. The monoisotopic (exact) mass is 838 g/mol. The molecule has 8 rings (SSSR count). The summed E-state index contributed by atoms with van der Waals surface area (Å²) in [5.41, 5.74) is 8.38. The Balaban J connectivity index is 0.000000183. The van der Waals surface area contributed by atoms with E-state index in [2.05, 4.69) is 37.3 Å². The Morgan fingerprint density at radius 3 is 1.41 bits per heavy atom. The zero-order valence-electron chi connectivity index (χ0n) is 31.6. The van der Waals surface area contributed by atoms with Gasteiger partial charge in [-0.3, -0.25) is 9.59 Å². The summed E-state index contributed by atoms with van der Waals surface area (Å²) in [7, 11) is 0. The van der Waals surface area contributed by atoms with Gasteiger partial charge in [-0.25, -0.2) is 0 Å². The van der Waals surface area contributed by atoms with Crippen LogP contribution in [0.1, 0.15) is 84.7 Å². The molecule has 0 unspecified atom stereocenters. The van der Waals surface area contributed by atoms with E-state index in [1.807, 2.05) is 48.5 Å². The summed E-state index contributed by atoms with van der Waals surface area (Å²) in [4.78, 5) is 20.6. The van der Waals surface area contributed by atoms with Gasteiger partial charge in [0, 0.05) is 25.0 Å². The highest BCUT2D eigenvalue weighted by Crippen LogP contribution is 2.46. The number of nitrogens with zero attached hydrogens (tertiary/aromatic N) is 4. The topological polar surface area (TPSA) is 150 Å². The van der Waals surface area contributed by atoms with E-state index in [-0.39, 0.29) is 11.1 Å². The molecule has 2 heterocycles. The van der Waals surface area contributed by atoms with E-state index in [9.17, 15) is 35.9 Å². The Morgan fingerprint density at radius 1 is 0.644 bits per heavy atom. The Labute approximate surface area is 339 Å². The second kappa shape index (κ2) is 17.2. The van der Waals surface area contributed by atoms with Crippen molar-refractivity contribution >= 4 is 22.8 Å². The molecule has 10 nitrogen and oxygen atoms in total. The van der Waals surface area contributed by atoms with Gasteiger partial charge in [-0.15, -0.1) is 20.4 Å². The SMILES string of the molecule is CC(=O)Cl.CC(=O)NC1(c2nnc(-c3ccccc3Cc3ccc(C(F)(F)F)cc3)o2)CC1.NC1(c2nnc(-c3ccccc3Cc3ccc(C(F)(F)F)cc3)o2)CC1. The van der Waals surface area contributed by atoms with Gasteiger partial charge in [0.25, 0.3) is 0 Å². The highest BCUT2D eigenvalue weighted by molar-refractivity contribution is 6.62. The largest absolute Gasteiger partial charge is 0.419 e. The van der Waals surface area contributed by atoms with Gasteiger partial charge in [0.05, 0.1) is 16.7 Å². The third-order valence-electron chi connectivity index (χ3n) is 9.49. The summed E-state index contributed by atoms with van der Waals surface area (Å²) in [5, 5.41) is 18.9. The van der Waals surface area contributed by atoms with Crippen molar-refractivity contribution in [2.75, 3.05) is 0 Å². The maximum Gasteiger partial charge on any atom is 0.416 e. The molecule has 0 spiro atoms. The number of nitrogens with two attached hydrogens (primary N) is 1. The molecule has 0 saturated heterocycles. The van der Waals surface area contributed by atoms with Crippen molar-refractivity contribution in [3.63, 3.8) is 0 Å². The van der Waals surface area contributed by atoms with Crippen molar-refractivity contribution in [1.29, 1.82) is 0 Å². The van der Waals surface area contributed by atoms with E-state index in [0.717, 1.165) is 77.8 Å². The van der Waals surface area contributed by atoms with Gasteiger partial charge < -0.3 is 19.9 Å². The van der Waals surface area contributed by atoms with E-state index in [4.69, 9.17) is 14.6 Å². The smallest absolute Gasteiger partial charge is 0.416 e. The second-order valence-electron chi connectivity index (χ2n) is 14.3. The standard InChI is InChI=1S/C21H18F3N3O2.C19H16F3N3O.C2H3ClO/c1-13(28)25-20(10-11-20)19-27-26-18(29-19)17-5-3-2-4-15(17)12-14-6-8-16(9-7-14)21(22,23)24;20-19(21,22)14-7-5-12(6-8-14)11-13-3-1-2-4-15(13)16-24-25-17(26-16)18(23)9-10-18;1-2(3)4/h2-9H,10-12H2,1H3,(H,25,28);1-8H,9-11,23H2;1H3. The van der Waals surface area contributed by atoms with Gasteiger partial charge in [0.15, 0.2) is 0 Å². The summed E-state index contributed by atoms with van der Waals surface area (Å²) in [6.45, 7) is 2.73. The van der Waals surface area contributed by atoms with Crippen LogP contribution in [-0.4, -0.2) is 31.5 Å². The fourth-order valence-electron chi connectivity index (χ4n) is 6.09. The van der Waals surface area contributed by atoms with Crippen LogP contribution in [-0.2, 0) is 45.9 Å². The third kappa shape index (κ3) is 11.0. The molecule has 0 radical (unpaired) electrons. The Morgan fingerprint density at radius 2 is 1.03 bits per heavy atom. The molecule has 0 aliphatic heterocycles. The predicted molar refractivity (Wildman–Crippen MR) is 204 cm³/mol. The van der Waals surface area contributed by atoms with E-state index in [0.29, 0.717) is 42.0 Å². The molecule has 2 aromatic heterocycles. The highest BCUT2D eigenvalue weighted by Gasteiger charge is 2.50. The van der Waals surface area contributed by atoms with E-state index in [1.165, 1.54) is 38.1 Å². The van der Waals surface area contributed by atoms with Crippen molar-refractivity contribution in [3.8, 4) is 22.9 Å². The Hall–Kier alpha value is -5.87. The normalized spacial score (nSPS) is 14.9. The lowest BCUT2D eigenvalue weighted by Crippen LogP contribution is -2.33. The van der Waals surface area contributed by atoms with Crippen molar-refractivity contribution in [2.24, 2.45) is 5.73 Å². The molecule has 1 amide bonds. The van der Waals surface area contributed by atoms with Crippen molar-refractivity contribution in [1.82, 2.24) is 25.7 Å². The molecular weight excluding hydrogens is 802 g/mol. The summed E-state index contributed by atoms with van der Waals surface area (Å²) < 4.78 is 88.0. The van der Waals surface area contributed by atoms with Gasteiger partial charge in [-0.1, -0.05) is 60.7 Å². The van der Waals surface area contributed by atoms with Crippen molar-refractivity contribution in [3.05, 3.63) is 142 Å². The molecule has 0 bridgehead atoms. The zero-order chi connectivity index (χ0) is 42.6. The second-order valence-corrected chi connectivity index (χ2v) is 14.8. The minimum atomic E-state index is -4.36. The van der Waals surface area contributed by atoms with Gasteiger partial charge in [-0.2, -0.15) is 26.3 Å². The van der Waals surface area contributed by atoms with Crippen LogP contribution in [0.5, 0.6) is 0 Å². The van der Waals surface area contributed by atoms with Crippen LogP contribution < -0.4 is 11.1 Å². The summed E-state index contributed by atoms with van der Waals surface area (Å²) in [6.07, 6.45) is -4.70. The molecule has 3 N–H and O–H groups in total. The number of nitrogens with one attached hydrogen (secondary N) is 1. The summed E-state index contributed by atoms with van der Waals surface area (Å²) >= 11 is 4.64. The molecule has 6 aromatic rings. The molecule has 2 fully saturated rings. The van der Waals surface area contributed by atoms with E-state index >= 15 is 0 Å². The number of amides is 1. The van der Waals surface area contributed by atoms with Crippen LogP contribution >= 0.6 is 11.6 Å².